The highest BCUT2D eigenvalue weighted by atomic mass is 16.5. The maximum absolute atomic E-state index is 11.7. The number of aromatic amines is 1. The smallest absolute Gasteiger partial charge is 0.307 e. The third-order valence-corrected chi connectivity index (χ3v) is 2.03. The van der Waals surface area contributed by atoms with E-state index < -0.39 is 0 Å². The molecule has 0 fully saturated rings. The number of hydrogen-bond acceptors (Lipinski definition) is 4. The van der Waals surface area contributed by atoms with E-state index in [2.05, 4.69) is 9.97 Å². The number of nitrogens with zero attached hydrogens (tertiary/aromatic N) is 2. The Labute approximate surface area is 93.6 Å². The molecule has 6 nitrogen and oxygen atoms in total. The van der Waals surface area contributed by atoms with Crippen molar-refractivity contribution in [2.45, 2.75) is 13.3 Å². The molecule has 16 heavy (non-hydrogen) atoms. The molecule has 1 heterocycles. The molecule has 1 aromatic heterocycles. The molecular formula is C10H15N3O3. The highest BCUT2D eigenvalue weighted by Crippen LogP contribution is 1.99. The van der Waals surface area contributed by atoms with Crippen molar-refractivity contribution in [2.24, 2.45) is 0 Å². The molecule has 1 rings (SSSR count). The van der Waals surface area contributed by atoms with Crippen LogP contribution in [0.5, 0.6) is 0 Å². The molecule has 0 saturated heterocycles. The lowest BCUT2D eigenvalue weighted by Gasteiger charge is -2.15. The van der Waals surface area contributed by atoms with Crippen molar-refractivity contribution in [3.8, 4) is 0 Å². The van der Waals surface area contributed by atoms with E-state index in [1.165, 1.54) is 17.4 Å². The van der Waals surface area contributed by atoms with E-state index in [1.807, 2.05) is 0 Å². The number of carbonyl (C=O) groups is 2. The fourth-order valence-electron chi connectivity index (χ4n) is 1.17. The van der Waals surface area contributed by atoms with Crippen LogP contribution >= 0.6 is 0 Å². The Morgan fingerprint density at radius 3 is 2.88 bits per heavy atom. The Morgan fingerprint density at radius 2 is 2.31 bits per heavy atom. The molecular weight excluding hydrogens is 210 g/mol. The first-order valence-electron chi connectivity index (χ1n) is 5.04. The minimum absolute atomic E-state index is 0.193. The lowest BCUT2D eigenvalue weighted by molar-refractivity contribution is -0.143. The minimum atomic E-state index is -0.299. The van der Waals surface area contributed by atoms with E-state index >= 15 is 0 Å². The van der Waals surface area contributed by atoms with Gasteiger partial charge in [0, 0.05) is 13.6 Å². The maximum atomic E-state index is 11.7. The highest BCUT2D eigenvalue weighted by Gasteiger charge is 2.14. The van der Waals surface area contributed by atoms with Crippen molar-refractivity contribution in [1.29, 1.82) is 0 Å². The van der Waals surface area contributed by atoms with E-state index in [0.717, 1.165) is 0 Å². The van der Waals surface area contributed by atoms with Gasteiger partial charge in [0.15, 0.2) is 0 Å². The van der Waals surface area contributed by atoms with E-state index in [4.69, 9.17) is 4.74 Å². The van der Waals surface area contributed by atoms with Crippen LogP contribution < -0.4 is 0 Å². The quantitative estimate of drug-likeness (QED) is 0.737. The largest absolute Gasteiger partial charge is 0.466 e. The number of nitrogens with one attached hydrogen (secondary N) is 1. The molecule has 1 aromatic rings. The molecule has 0 aromatic carbocycles. The molecule has 0 saturated carbocycles. The van der Waals surface area contributed by atoms with E-state index in [-0.39, 0.29) is 18.3 Å². The Kier molecular flexibility index (Phi) is 4.50. The molecule has 0 atom stereocenters. The molecule has 0 aliphatic heterocycles. The number of carbonyl (C=O) groups excluding carboxylic acids is 2. The predicted octanol–water partition coefficient (Wildman–Crippen LogP) is 0.435. The monoisotopic (exact) mass is 225 g/mol. The van der Waals surface area contributed by atoms with Crippen LogP contribution in [-0.4, -0.2) is 46.9 Å². The summed E-state index contributed by atoms with van der Waals surface area (Å²) in [5.74, 6) is -0.492. The van der Waals surface area contributed by atoms with Crippen molar-refractivity contribution < 1.29 is 14.3 Å². The highest BCUT2D eigenvalue weighted by molar-refractivity contribution is 5.92. The van der Waals surface area contributed by atoms with Crippen LogP contribution in [0.4, 0.5) is 0 Å². The molecule has 0 spiro atoms. The summed E-state index contributed by atoms with van der Waals surface area (Å²) >= 11 is 0. The number of amides is 1. The molecule has 1 amide bonds. The summed E-state index contributed by atoms with van der Waals surface area (Å²) in [6.45, 7) is 2.44. The number of rotatable bonds is 5. The van der Waals surface area contributed by atoms with Gasteiger partial charge in [-0.15, -0.1) is 0 Å². The average Bonchev–Trinajstić information content (AvgIpc) is 2.78. The second kappa shape index (κ2) is 5.89. The van der Waals surface area contributed by atoms with E-state index in [1.54, 1.807) is 14.0 Å². The molecule has 88 valence electrons. The predicted molar refractivity (Wildman–Crippen MR) is 56.8 cm³/mol. The lowest BCUT2D eigenvalue weighted by atomic mass is 10.3. The third-order valence-electron chi connectivity index (χ3n) is 2.03. The standard InChI is InChI=1S/C10H15N3O3/c1-3-16-9(14)4-5-13(2)10(15)8-6-11-7-12-8/h6-7H,3-5H2,1-2H3,(H,11,12). The van der Waals surface area contributed by atoms with Crippen molar-refractivity contribution >= 4 is 11.9 Å². The summed E-state index contributed by atoms with van der Waals surface area (Å²) in [6.07, 6.45) is 3.08. The number of H-pyrrole nitrogens is 1. The SMILES string of the molecule is CCOC(=O)CCN(C)C(=O)c1cnc[nH]1. The van der Waals surface area contributed by atoms with Crippen LogP contribution in [0, 0.1) is 0 Å². The fourth-order valence-corrected chi connectivity index (χ4v) is 1.17. The summed E-state index contributed by atoms with van der Waals surface area (Å²) in [5.41, 5.74) is 0.409. The summed E-state index contributed by atoms with van der Waals surface area (Å²) in [5, 5.41) is 0. The van der Waals surface area contributed by atoms with Gasteiger partial charge in [0.25, 0.3) is 5.91 Å². The van der Waals surface area contributed by atoms with Crippen LogP contribution in [0.15, 0.2) is 12.5 Å². The summed E-state index contributed by atoms with van der Waals surface area (Å²) in [4.78, 5) is 30.7. The number of esters is 1. The first kappa shape index (κ1) is 12.2. The summed E-state index contributed by atoms with van der Waals surface area (Å²) in [7, 11) is 1.63. The van der Waals surface area contributed by atoms with Gasteiger partial charge in [-0.2, -0.15) is 0 Å². The van der Waals surface area contributed by atoms with Crippen molar-refractivity contribution in [2.75, 3.05) is 20.2 Å². The van der Waals surface area contributed by atoms with Crippen molar-refractivity contribution in [1.82, 2.24) is 14.9 Å². The molecule has 0 aliphatic carbocycles. The van der Waals surface area contributed by atoms with Crippen molar-refractivity contribution in [3.05, 3.63) is 18.2 Å². The first-order valence-corrected chi connectivity index (χ1v) is 5.04. The number of hydrogen-bond donors (Lipinski definition) is 1. The van der Waals surface area contributed by atoms with Crippen molar-refractivity contribution in [3.63, 3.8) is 0 Å². The van der Waals surface area contributed by atoms with Gasteiger partial charge in [-0.05, 0) is 6.92 Å². The molecule has 0 bridgehead atoms. The fraction of sp³-hybridized carbons (Fsp3) is 0.500. The van der Waals surface area contributed by atoms with E-state index in [9.17, 15) is 9.59 Å². The molecule has 0 radical (unpaired) electrons. The minimum Gasteiger partial charge on any atom is -0.466 e. The number of ether oxygens (including phenoxy) is 1. The van der Waals surface area contributed by atoms with Gasteiger partial charge in [0.05, 0.1) is 25.6 Å². The summed E-state index contributed by atoms with van der Waals surface area (Å²) in [6, 6.07) is 0. The topological polar surface area (TPSA) is 75.3 Å². The zero-order valence-electron chi connectivity index (χ0n) is 9.40. The first-order chi connectivity index (χ1) is 7.65. The Balaban J connectivity index is 2.38. The Morgan fingerprint density at radius 1 is 1.56 bits per heavy atom. The molecule has 0 aliphatic rings. The average molecular weight is 225 g/mol. The molecule has 1 N–H and O–H groups in total. The van der Waals surface area contributed by atoms with E-state index in [0.29, 0.717) is 18.8 Å². The zero-order chi connectivity index (χ0) is 12.0. The van der Waals surface area contributed by atoms with Gasteiger partial charge in [-0.3, -0.25) is 9.59 Å². The van der Waals surface area contributed by atoms with Crippen LogP contribution in [0.2, 0.25) is 0 Å². The normalized spacial score (nSPS) is 9.88. The number of imidazole rings is 1. The maximum Gasteiger partial charge on any atom is 0.307 e. The Bertz CT molecular complexity index is 348. The third kappa shape index (κ3) is 3.38. The number of aromatic nitrogens is 2. The summed E-state index contributed by atoms with van der Waals surface area (Å²) < 4.78 is 4.77. The Hall–Kier alpha value is -1.85. The second-order valence-corrected chi connectivity index (χ2v) is 3.25. The molecule has 0 unspecified atom stereocenters. The van der Waals surface area contributed by atoms with Gasteiger partial charge in [0.2, 0.25) is 0 Å². The van der Waals surface area contributed by atoms with Gasteiger partial charge >= 0.3 is 5.97 Å². The molecule has 6 heteroatoms. The lowest BCUT2D eigenvalue weighted by Crippen LogP contribution is -2.29. The van der Waals surface area contributed by atoms with Crippen LogP contribution in [-0.2, 0) is 9.53 Å². The van der Waals surface area contributed by atoms with Gasteiger partial charge in [0.1, 0.15) is 5.69 Å². The van der Waals surface area contributed by atoms with Crippen LogP contribution in [0.1, 0.15) is 23.8 Å². The van der Waals surface area contributed by atoms with Crippen LogP contribution in [0.25, 0.3) is 0 Å². The zero-order valence-corrected chi connectivity index (χ0v) is 9.40. The van der Waals surface area contributed by atoms with Gasteiger partial charge in [-0.1, -0.05) is 0 Å². The second-order valence-electron chi connectivity index (χ2n) is 3.25. The van der Waals surface area contributed by atoms with Gasteiger partial charge in [-0.25, -0.2) is 4.98 Å². The van der Waals surface area contributed by atoms with Crippen LogP contribution in [0.3, 0.4) is 0 Å². The van der Waals surface area contributed by atoms with Gasteiger partial charge < -0.3 is 14.6 Å².